The molecule has 1 fully saturated rings. The normalized spacial score (nSPS) is 20.7. The van der Waals surface area contributed by atoms with Crippen LogP contribution >= 0.6 is 0 Å². The number of hydrogen-bond acceptors (Lipinski definition) is 3. The Kier molecular flexibility index (Phi) is 3.98. The van der Waals surface area contributed by atoms with Gasteiger partial charge >= 0.3 is 0 Å². The summed E-state index contributed by atoms with van der Waals surface area (Å²) in [6.45, 7) is 4.51. The van der Waals surface area contributed by atoms with E-state index < -0.39 is 0 Å². The second-order valence-electron chi connectivity index (χ2n) is 7.95. The highest BCUT2D eigenvalue weighted by atomic mass is 15.2. The predicted octanol–water partition coefficient (Wildman–Crippen LogP) is 4.37. The quantitative estimate of drug-likeness (QED) is 0.685. The Bertz CT molecular complexity index is 1020. The first-order valence-electron chi connectivity index (χ1n) is 9.98. The lowest BCUT2D eigenvalue weighted by Gasteiger charge is -2.40. The van der Waals surface area contributed by atoms with Crippen molar-refractivity contribution in [2.24, 2.45) is 0 Å². The first-order valence-corrected chi connectivity index (χ1v) is 9.98. The Labute approximate surface area is 160 Å². The van der Waals surface area contributed by atoms with Crippen molar-refractivity contribution in [2.75, 3.05) is 6.54 Å². The molecular weight excluding hydrogens is 332 g/mol. The third-order valence-electron chi connectivity index (χ3n) is 6.34. The van der Waals surface area contributed by atoms with E-state index in [0.29, 0.717) is 11.6 Å². The summed E-state index contributed by atoms with van der Waals surface area (Å²) in [6, 6.07) is 17.9. The van der Waals surface area contributed by atoms with Crippen molar-refractivity contribution < 1.29 is 0 Å². The largest absolute Gasteiger partial charge is 0.327 e. The van der Waals surface area contributed by atoms with Crippen LogP contribution in [0.3, 0.4) is 0 Å². The van der Waals surface area contributed by atoms with Crippen LogP contribution in [0, 0.1) is 11.3 Å². The first-order chi connectivity index (χ1) is 13.2. The molecule has 1 aliphatic heterocycles. The SMILES string of the molecule is CC1Cc2nc3cc(-c4ccc(C#N)cc4)ccc3n2CCN1C1CCC1. The second-order valence-corrected chi connectivity index (χ2v) is 7.95. The molecule has 0 spiro atoms. The van der Waals surface area contributed by atoms with Gasteiger partial charge in [0.1, 0.15) is 5.82 Å². The summed E-state index contributed by atoms with van der Waals surface area (Å²) < 4.78 is 2.42. The van der Waals surface area contributed by atoms with Crippen LogP contribution in [0.4, 0.5) is 0 Å². The van der Waals surface area contributed by atoms with Gasteiger partial charge in [-0.15, -0.1) is 0 Å². The smallest absolute Gasteiger partial charge is 0.111 e. The molecule has 0 saturated heterocycles. The fourth-order valence-electron chi connectivity index (χ4n) is 4.58. The van der Waals surface area contributed by atoms with E-state index in [1.165, 1.54) is 30.6 Å². The molecule has 5 rings (SSSR count). The zero-order valence-corrected chi connectivity index (χ0v) is 15.7. The zero-order valence-electron chi connectivity index (χ0n) is 15.7. The molecule has 2 heterocycles. The third-order valence-corrected chi connectivity index (χ3v) is 6.34. The highest BCUT2D eigenvalue weighted by molar-refractivity contribution is 5.82. The van der Waals surface area contributed by atoms with Crippen LogP contribution in [-0.4, -0.2) is 33.1 Å². The van der Waals surface area contributed by atoms with Gasteiger partial charge in [0, 0.05) is 31.6 Å². The van der Waals surface area contributed by atoms with Gasteiger partial charge in [0.15, 0.2) is 0 Å². The lowest BCUT2D eigenvalue weighted by Crippen LogP contribution is -2.46. The maximum absolute atomic E-state index is 8.98. The number of fused-ring (bicyclic) bond motifs is 3. The average molecular weight is 356 g/mol. The number of hydrogen-bond donors (Lipinski definition) is 0. The molecule has 1 aromatic heterocycles. The molecule has 1 atom stereocenters. The minimum absolute atomic E-state index is 0.561. The minimum atomic E-state index is 0.561. The number of aromatic nitrogens is 2. The summed E-state index contributed by atoms with van der Waals surface area (Å²) >= 11 is 0. The summed E-state index contributed by atoms with van der Waals surface area (Å²) in [5.41, 5.74) is 5.30. The molecule has 0 N–H and O–H groups in total. The summed E-state index contributed by atoms with van der Waals surface area (Å²) in [5, 5.41) is 8.98. The van der Waals surface area contributed by atoms with Gasteiger partial charge in [-0.25, -0.2) is 4.98 Å². The fraction of sp³-hybridized carbons (Fsp3) is 0.391. The van der Waals surface area contributed by atoms with E-state index in [9.17, 15) is 0 Å². The van der Waals surface area contributed by atoms with Crippen molar-refractivity contribution in [3.05, 3.63) is 53.9 Å². The van der Waals surface area contributed by atoms with E-state index in [4.69, 9.17) is 10.2 Å². The van der Waals surface area contributed by atoms with Crippen molar-refractivity contribution >= 4 is 11.0 Å². The van der Waals surface area contributed by atoms with Crippen molar-refractivity contribution in [1.29, 1.82) is 5.26 Å². The monoisotopic (exact) mass is 356 g/mol. The Morgan fingerprint density at radius 2 is 1.81 bits per heavy atom. The summed E-state index contributed by atoms with van der Waals surface area (Å²) in [6.07, 6.45) is 5.14. The summed E-state index contributed by atoms with van der Waals surface area (Å²) in [7, 11) is 0. The van der Waals surface area contributed by atoms with Crippen LogP contribution < -0.4 is 0 Å². The number of nitriles is 1. The van der Waals surface area contributed by atoms with Gasteiger partial charge in [-0.2, -0.15) is 5.26 Å². The molecule has 0 bridgehead atoms. The molecule has 2 aromatic carbocycles. The van der Waals surface area contributed by atoms with Crippen molar-refractivity contribution in [2.45, 2.75) is 51.2 Å². The minimum Gasteiger partial charge on any atom is -0.327 e. The fourth-order valence-corrected chi connectivity index (χ4v) is 4.58. The Morgan fingerprint density at radius 3 is 2.52 bits per heavy atom. The van der Waals surface area contributed by atoms with E-state index >= 15 is 0 Å². The molecule has 27 heavy (non-hydrogen) atoms. The van der Waals surface area contributed by atoms with E-state index in [-0.39, 0.29) is 0 Å². The van der Waals surface area contributed by atoms with Gasteiger partial charge in [-0.05, 0) is 55.2 Å². The van der Waals surface area contributed by atoms with Crippen LogP contribution in [0.2, 0.25) is 0 Å². The standard InChI is InChI=1S/C23H24N4/c1-16-13-23-25-21-14-19(18-7-5-17(15-24)6-8-18)9-10-22(21)27(23)12-11-26(16)20-3-2-4-20/h5-10,14,16,20H,2-4,11-13H2,1H3. The summed E-state index contributed by atoms with van der Waals surface area (Å²) in [5.74, 6) is 1.22. The third kappa shape index (κ3) is 2.83. The molecule has 4 nitrogen and oxygen atoms in total. The molecular formula is C23H24N4. The van der Waals surface area contributed by atoms with Crippen LogP contribution in [0.5, 0.6) is 0 Å². The molecule has 0 amide bonds. The lowest BCUT2D eigenvalue weighted by atomic mass is 9.90. The topological polar surface area (TPSA) is 44.9 Å². The van der Waals surface area contributed by atoms with Crippen molar-refractivity contribution in [3.63, 3.8) is 0 Å². The van der Waals surface area contributed by atoms with Crippen LogP contribution in [0.1, 0.15) is 37.6 Å². The highest BCUT2D eigenvalue weighted by Gasteiger charge is 2.31. The molecule has 2 aliphatic rings. The average Bonchev–Trinajstić information content (AvgIpc) is 2.91. The maximum Gasteiger partial charge on any atom is 0.111 e. The number of rotatable bonds is 2. The van der Waals surface area contributed by atoms with E-state index in [1.54, 1.807) is 0 Å². The van der Waals surface area contributed by atoms with E-state index in [0.717, 1.165) is 42.2 Å². The Balaban J connectivity index is 1.47. The van der Waals surface area contributed by atoms with Gasteiger partial charge < -0.3 is 4.57 Å². The summed E-state index contributed by atoms with van der Waals surface area (Å²) in [4.78, 5) is 7.71. The van der Waals surface area contributed by atoms with Gasteiger partial charge in [0.2, 0.25) is 0 Å². The number of nitrogens with zero attached hydrogens (tertiary/aromatic N) is 4. The van der Waals surface area contributed by atoms with Crippen LogP contribution in [-0.2, 0) is 13.0 Å². The molecule has 1 saturated carbocycles. The highest BCUT2D eigenvalue weighted by Crippen LogP contribution is 2.31. The van der Waals surface area contributed by atoms with Crippen molar-refractivity contribution in [3.8, 4) is 17.2 Å². The molecule has 1 unspecified atom stereocenters. The molecule has 136 valence electrons. The van der Waals surface area contributed by atoms with Gasteiger partial charge in [-0.3, -0.25) is 4.90 Å². The molecule has 3 aromatic rings. The molecule has 0 radical (unpaired) electrons. The zero-order chi connectivity index (χ0) is 18.4. The number of imidazole rings is 1. The molecule has 4 heteroatoms. The van der Waals surface area contributed by atoms with Crippen LogP contribution in [0.15, 0.2) is 42.5 Å². The Morgan fingerprint density at radius 1 is 1.04 bits per heavy atom. The van der Waals surface area contributed by atoms with E-state index in [2.05, 4.69) is 40.7 Å². The van der Waals surface area contributed by atoms with Gasteiger partial charge in [0.25, 0.3) is 0 Å². The number of benzene rings is 2. The van der Waals surface area contributed by atoms with Crippen molar-refractivity contribution in [1.82, 2.24) is 14.5 Å². The van der Waals surface area contributed by atoms with Gasteiger partial charge in [0.05, 0.1) is 22.7 Å². The first kappa shape index (κ1) is 16.5. The van der Waals surface area contributed by atoms with Crippen LogP contribution in [0.25, 0.3) is 22.2 Å². The van der Waals surface area contributed by atoms with E-state index in [1.807, 2.05) is 24.3 Å². The second kappa shape index (κ2) is 6.51. The predicted molar refractivity (Wildman–Crippen MR) is 107 cm³/mol. The Hall–Kier alpha value is -2.64. The maximum atomic E-state index is 8.98. The lowest BCUT2D eigenvalue weighted by molar-refractivity contribution is 0.0893. The molecule has 1 aliphatic carbocycles. The van der Waals surface area contributed by atoms with Gasteiger partial charge in [-0.1, -0.05) is 24.6 Å².